The third-order valence-corrected chi connectivity index (χ3v) is 2.21. The van der Waals surface area contributed by atoms with Crippen LogP contribution in [-0.4, -0.2) is 30.3 Å². The fourth-order valence-electron chi connectivity index (χ4n) is 1.61. The van der Waals surface area contributed by atoms with Gasteiger partial charge in [0.15, 0.2) is 0 Å². The molecule has 1 aliphatic rings. The molecule has 0 aromatic rings. The van der Waals surface area contributed by atoms with Crippen LogP contribution in [0.1, 0.15) is 26.2 Å². The van der Waals surface area contributed by atoms with Gasteiger partial charge in [0.25, 0.3) is 0 Å². The van der Waals surface area contributed by atoms with E-state index in [4.69, 9.17) is 0 Å². The summed E-state index contributed by atoms with van der Waals surface area (Å²) in [5.74, 6) is 5.95. The van der Waals surface area contributed by atoms with Crippen LogP contribution in [0, 0.1) is 11.8 Å². The molecule has 1 heterocycles. The van der Waals surface area contributed by atoms with Gasteiger partial charge in [-0.25, -0.2) is 0 Å². The molecule has 1 fully saturated rings. The zero-order valence-electron chi connectivity index (χ0n) is 7.55. The van der Waals surface area contributed by atoms with Gasteiger partial charge in [-0.1, -0.05) is 5.92 Å². The van der Waals surface area contributed by atoms with Crippen molar-refractivity contribution in [3.63, 3.8) is 0 Å². The predicted molar refractivity (Wildman–Crippen MR) is 48.7 cm³/mol. The van der Waals surface area contributed by atoms with Gasteiger partial charge >= 0.3 is 0 Å². The molecule has 0 spiro atoms. The largest absolute Gasteiger partial charge is 0.303 e. The molecule has 0 N–H and O–H groups in total. The van der Waals surface area contributed by atoms with Crippen LogP contribution >= 0.6 is 0 Å². The Hall–Kier alpha value is -0.810. The Morgan fingerprint density at radius 3 is 2.67 bits per heavy atom. The van der Waals surface area contributed by atoms with Gasteiger partial charge in [-0.15, -0.1) is 5.92 Å². The molecule has 1 aliphatic heterocycles. The van der Waals surface area contributed by atoms with Crippen LogP contribution < -0.4 is 0 Å². The van der Waals surface area contributed by atoms with Crippen molar-refractivity contribution < 1.29 is 4.79 Å². The quantitative estimate of drug-likeness (QED) is 0.460. The summed E-state index contributed by atoms with van der Waals surface area (Å²) >= 11 is 0. The van der Waals surface area contributed by atoms with Crippen molar-refractivity contribution in [2.24, 2.45) is 0 Å². The van der Waals surface area contributed by atoms with E-state index in [2.05, 4.69) is 16.7 Å². The molecule has 0 amide bonds. The molecule has 66 valence electrons. The molecular formula is C10H15NO. The maximum atomic E-state index is 10.4. The average Bonchev–Trinajstić information content (AvgIpc) is 2.56. The molecule has 0 bridgehead atoms. The van der Waals surface area contributed by atoms with E-state index in [9.17, 15) is 4.79 Å². The maximum absolute atomic E-state index is 10.4. The fraction of sp³-hybridized carbons (Fsp3) is 0.700. The molecule has 1 rings (SSSR count). The van der Waals surface area contributed by atoms with E-state index >= 15 is 0 Å². The Bertz CT molecular complexity index is 196. The van der Waals surface area contributed by atoms with Crippen LogP contribution in [-0.2, 0) is 4.79 Å². The highest BCUT2D eigenvalue weighted by Gasteiger charge is 2.19. The van der Waals surface area contributed by atoms with Crippen molar-refractivity contribution in [1.82, 2.24) is 4.90 Å². The second-order valence-electron chi connectivity index (χ2n) is 3.06. The van der Waals surface area contributed by atoms with Crippen LogP contribution in [0.2, 0.25) is 0 Å². The molecule has 1 unspecified atom stereocenters. The summed E-state index contributed by atoms with van der Waals surface area (Å²) in [6.07, 6.45) is 4.02. The summed E-state index contributed by atoms with van der Waals surface area (Å²) in [4.78, 5) is 12.6. The van der Waals surface area contributed by atoms with Crippen molar-refractivity contribution >= 4 is 6.29 Å². The van der Waals surface area contributed by atoms with Crippen molar-refractivity contribution in [1.29, 1.82) is 0 Å². The molecule has 0 aliphatic carbocycles. The van der Waals surface area contributed by atoms with Crippen LogP contribution in [0.5, 0.6) is 0 Å². The highest BCUT2D eigenvalue weighted by atomic mass is 16.1. The van der Waals surface area contributed by atoms with E-state index in [0.717, 1.165) is 19.4 Å². The van der Waals surface area contributed by atoms with E-state index in [1.54, 1.807) is 0 Å². The van der Waals surface area contributed by atoms with Crippen molar-refractivity contribution in [2.45, 2.75) is 32.2 Å². The molecule has 0 radical (unpaired) electrons. The first kappa shape index (κ1) is 9.28. The number of likely N-dealkylation sites (tertiary alicyclic amines) is 1. The summed E-state index contributed by atoms with van der Waals surface area (Å²) < 4.78 is 0. The van der Waals surface area contributed by atoms with Gasteiger partial charge in [0.1, 0.15) is 6.29 Å². The normalized spacial score (nSPS) is 19.8. The third-order valence-electron chi connectivity index (χ3n) is 2.21. The first-order valence-corrected chi connectivity index (χ1v) is 4.48. The third kappa shape index (κ3) is 2.35. The Labute approximate surface area is 73.9 Å². The first-order chi connectivity index (χ1) is 5.88. The Morgan fingerprint density at radius 1 is 1.50 bits per heavy atom. The molecule has 1 saturated heterocycles. The van der Waals surface area contributed by atoms with Gasteiger partial charge in [-0.3, -0.25) is 4.90 Å². The van der Waals surface area contributed by atoms with Crippen molar-refractivity contribution in [3.05, 3.63) is 0 Å². The zero-order valence-corrected chi connectivity index (χ0v) is 7.55. The summed E-state index contributed by atoms with van der Waals surface area (Å²) in [6, 6.07) is 0.176. The fourth-order valence-corrected chi connectivity index (χ4v) is 1.61. The molecule has 0 aromatic carbocycles. The second kappa shape index (κ2) is 4.95. The van der Waals surface area contributed by atoms with E-state index in [1.165, 1.54) is 12.8 Å². The van der Waals surface area contributed by atoms with Gasteiger partial charge in [0, 0.05) is 6.42 Å². The lowest BCUT2D eigenvalue weighted by molar-refractivity contribution is -0.108. The molecule has 0 saturated carbocycles. The number of hydrogen-bond donors (Lipinski definition) is 0. The maximum Gasteiger partial charge on any atom is 0.122 e. The topological polar surface area (TPSA) is 20.3 Å². The number of carbonyl (C=O) groups is 1. The lowest BCUT2D eigenvalue weighted by Crippen LogP contribution is -2.31. The van der Waals surface area contributed by atoms with E-state index in [1.807, 2.05) is 6.92 Å². The Balaban J connectivity index is 2.48. The van der Waals surface area contributed by atoms with Crippen molar-refractivity contribution in [3.8, 4) is 11.8 Å². The number of aldehydes is 1. The smallest absolute Gasteiger partial charge is 0.122 e. The van der Waals surface area contributed by atoms with E-state index in [0.29, 0.717) is 6.42 Å². The van der Waals surface area contributed by atoms with Crippen molar-refractivity contribution in [2.75, 3.05) is 13.1 Å². The lowest BCUT2D eigenvalue weighted by Gasteiger charge is -2.20. The van der Waals surface area contributed by atoms with Gasteiger partial charge in [-0.2, -0.15) is 0 Å². The summed E-state index contributed by atoms with van der Waals surface area (Å²) in [5, 5.41) is 0. The van der Waals surface area contributed by atoms with Crippen LogP contribution in [0.3, 0.4) is 0 Å². The number of rotatable bonds is 3. The van der Waals surface area contributed by atoms with Gasteiger partial charge in [0.2, 0.25) is 0 Å². The summed E-state index contributed by atoms with van der Waals surface area (Å²) in [6.45, 7) is 4.04. The van der Waals surface area contributed by atoms with Crippen LogP contribution in [0.4, 0.5) is 0 Å². The minimum Gasteiger partial charge on any atom is -0.303 e. The average molecular weight is 165 g/mol. The Morgan fingerprint density at radius 2 is 2.17 bits per heavy atom. The SMILES string of the molecule is CC#CC(CC=O)N1CCCC1. The second-order valence-corrected chi connectivity index (χ2v) is 3.06. The number of nitrogens with zero attached hydrogens (tertiary/aromatic N) is 1. The van der Waals surface area contributed by atoms with E-state index < -0.39 is 0 Å². The van der Waals surface area contributed by atoms with Gasteiger partial charge in [0.05, 0.1) is 6.04 Å². The lowest BCUT2D eigenvalue weighted by atomic mass is 10.2. The molecule has 2 heteroatoms. The summed E-state index contributed by atoms with van der Waals surface area (Å²) in [5.41, 5.74) is 0. The summed E-state index contributed by atoms with van der Waals surface area (Å²) in [7, 11) is 0. The molecule has 1 atom stereocenters. The van der Waals surface area contributed by atoms with Crippen LogP contribution in [0.25, 0.3) is 0 Å². The predicted octanol–water partition coefficient (Wildman–Crippen LogP) is 1.06. The zero-order chi connectivity index (χ0) is 8.81. The molecule has 2 nitrogen and oxygen atoms in total. The molecular weight excluding hydrogens is 150 g/mol. The Kier molecular flexibility index (Phi) is 3.83. The van der Waals surface area contributed by atoms with Crippen LogP contribution in [0.15, 0.2) is 0 Å². The standard InChI is InChI=1S/C10H15NO/c1-2-5-10(6-9-12)11-7-3-4-8-11/h9-10H,3-4,6-8H2,1H3. The molecule has 12 heavy (non-hydrogen) atoms. The minimum atomic E-state index is 0.176. The van der Waals surface area contributed by atoms with E-state index in [-0.39, 0.29) is 6.04 Å². The van der Waals surface area contributed by atoms with Gasteiger partial charge < -0.3 is 4.79 Å². The number of hydrogen-bond acceptors (Lipinski definition) is 2. The molecule has 0 aromatic heterocycles. The number of carbonyl (C=O) groups excluding carboxylic acids is 1. The minimum absolute atomic E-state index is 0.176. The van der Waals surface area contributed by atoms with Gasteiger partial charge in [-0.05, 0) is 32.9 Å². The highest BCUT2D eigenvalue weighted by Crippen LogP contribution is 2.12. The monoisotopic (exact) mass is 165 g/mol. The highest BCUT2D eigenvalue weighted by molar-refractivity contribution is 5.51. The first-order valence-electron chi connectivity index (χ1n) is 4.48.